The highest BCUT2D eigenvalue weighted by atomic mass is 16.5. The molecule has 0 heterocycles. The number of methoxy groups -OCH3 is 1. The average Bonchev–Trinajstić information content (AvgIpc) is 2.16. The van der Waals surface area contributed by atoms with Gasteiger partial charge in [0, 0.05) is 11.5 Å². The van der Waals surface area contributed by atoms with Crippen LogP contribution in [0.1, 0.15) is 35.3 Å². The molecule has 1 aromatic rings. The van der Waals surface area contributed by atoms with E-state index in [1.54, 1.807) is 7.11 Å². The molecule has 0 saturated carbocycles. The van der Waals surface area contributed by atoms with Crippen LogP contribution in [0, 0.1) is 19.8 Å². The van der Waals surface area contributed by atoms with Crippen LogP contribution >= 0.6 is 0 Å². The molecule has 0 bridgehead atoms. The van der Waals surface area contributed by atoms with E-state index in [0.29, 0.717) is 0 Å². The van der Waals surface area contributed by atoms with Crippen LogP contribution in [0.4, 0.5) is 0 Å². The quantitative estimate of drug-likeness (QED) is 0.710. The Morgan fingerprint density at radius 2 is 1.67 bits per heavy atom. The highest BCUT2D eigenvalue weighted by molar-refractivity contribution is 6.00. The maximum atomic E-state index is 11.9. The lowest BCUT2D eigenvalue weighted by molar-refractivity contribution is 0.0938. The molecule has 0 aromatic heterocycles. The second-order valence-electron chi connectivity index (χ2n) is 4.16. The molecular weight excluding hydrogens is 188 g/mol. The van der Waals surface area contributed by atoms with Gasteiger partial charge in [0.1, 0.15) is 5.75 Å². The number of carbonyl (C=O) groups excluding carboxylic acids is 1. The lowest BCUT2D eigenvalue weighted by Gasteiger charge is -2.12. The van der Waals surface area contributed by atoms with E-state index in [1.165, 1.54) is 0 Å². The Labute approximate surface area is 91.3 Å². The van der Waals surface area contributed by atoms with Crippen molar-refractivity contribution < 1.29 is 9.53 Å². The van der Waals surface area contributed by atoms with E-state index in [9.17, 15) is 4.79 Å². The maximum absolute atomic E-state index is 11.9. The van der Waals surface area contributed by atoms with Gasteiger partial charge < -0.3 is 4.74 Å². The molecule has 0 unspecified atom stereocenters. The zero-order chi connectivity index (χ0) is 11.6. The topological polar surface area (TPSA) is 26.3 Å². The van der Waals surface area contributed by atoms with Gasteiger partial charge in [0.25, 0.3) is 0 Å². The Balaban J connectivity index is 3.25. The molecule has 1 aromatic carbocycles. The number of Topliss-reactive ketones (excluding diaryl/α,β-unsaturated/α-hetero) is 1. The van der Waals surface area contributed by atoms with Crippen LogP contribution in [0.5, 0.6) is 5.75 Å². The summed E-state index contributed by atoms with van der Waals surface area (Å²) in [6, 6.07) is 3.81. The summed E-state index contributed by atoms with van der Waals surface area (Å²) in [5.41, 5.74) is 2.82. The van der Waals surface area contributed by atoms with E-state index in [4.69, 9.17) is 4.74 Å². The van der Waals surface area contributed by atoms with E-state index in [2.05, 4.69) is 0 Å². The molecule has 0 atom stereocenters. The van der Waals surface area contributed by atoms with E-state index in [-0.39, 0.29) is 11.7 Å². The third-order valence-corrected chi connectivity index (χ3v) is 2.51. The average molecular weight is 206 g/mol. The minimum Gasteiger partial charge on any atom is -0.497 e. The first-order chi connectivity index (χ1) is 6.97. The van der Waals surface area contributed by atoms with Gasteiger partial charge in [-0.2, -0.15) is 0 Å². The Morgan fingerprint density at radius 1 is 1.20 bits per heavy atom. The Hall–Kier alpha value is -1.31. The van der Waals surface area contributed by atoms with Crippen LogP contribution < -0.4 is 4.74 Å². The molecule has 0 N–H and O–H groups in total. The van der Waals surface area contributed by atoms with Crippen molar-refractivity contribution in [3.63, 3.8) is 0 Å². The largest absolute Gasteiger partial charge is 0.497 e. The summed E-state index contributed by atoms with van der Waals surface area (Å²) in [7, 11) is 1.64. The summed E-state index contributed by atoms with van der Waals surface area (Å²) >= 11 is 0. The van der Waals surface area contributed by atoms with Gasteiger partial charge >= 0.3 is 0 Å². The van der Waals surface area contributed by atoms with Gasteiger partial charge in [-0.25, -0.2) is 0 Å². The number of ether oxygens (including phenoxy) is 1. The monoisotopic (exact) mass is 206 g/mol. The normalized spacial score (nSPS) is 10.5. The third kappa shape index (κ3) is 2.38. The molecule has 0 radical (unpaired) electrons. The summed E-state index contributed by atoms with van der Waals surface area (Å²) in [6.07, 6.45) is 0. The predicted octanol–water partition coefficient (Wildman–Crippen LogP) is 3.15. The van der Waals surface area contributed by atoms with Crippen molar-refractivity contribution in [1.82, 2.24) is 0 Å². The number of carbonyl (C=O) groups is 1. The third-order valence-electron chi connectivity index (χ3n) is 2.51. The summed E-state index contributed by atoms with van der Waals surface area (Å²) in [5.74, 6) is 1.05. The second kappa shape index (κ2) is 4.47. The first kappa shape index (κ1) is 11.8. The molecule has 15 heavy (non-hydrogen) atoms. The minimum absolute atomic E-state index is 0.0378. The molecule has 2 nitrogen and oxygen atoms in total. The van der Waals surface area contributed by atoms with Gasteiger partial charge in [0.05, 0.1) is 7.11 Å². The van der Waals surface area contributed by atoms with Crippen molar-refractivity contribution in [3.05, 3.63) is 28.8 Å². The van der Waals surface area contributed by atoms with Gasteiger partial charge in [-0.05, 0) is 37.1 Å². The van der Waals surface area contributed by atoms with Crippen molar-refractivity contribution >= 4 is 5.78 Å². The van der Waals surface area contributed by atoms with Crippen LogP contribution in [0.3, 0.4) is 0 Å². The van der Waals surface area contributed by atoms with Crippen LogP contribution in [0.25, 0.3) is 0 Å². The molecule has 0 spiro atoms. The van der Waals surface area contributed by atoms with E-state index in [1.807, 2.05) is 39.8 Å². The fourth-order valence-electron chi connectivity index (χ4n) is 1.72. The van der Waals surface area contributed by atoms with Gasteiger partial charge in [-0.1, -0.05) is 13.8 Å². The smallest absolute Gasteiger partial charge is 0.165 e. The van der Waals surface area contributed by atoms with E-state index < -0.39 is 0 Å². The van der Waals surface area contributed by atoms with Gasteiger partial charge in [-0.3, -0.25) is 4.79 Å². The minimum atomic E-state index is 0.0378. The molecule has 0 aliphatic carbocycles. The summed E-state index contributed by atoms with van der Waals surface area (Å²) < 4.78 is 5.16. The first-order valence-electron chi connectivity index (χ1n) is 5.16. The zero-order valence-corrected chi connectivity index (χ0v) is 10.0. The maximum Gasteiger partial charge on any atom is 0.165 e. The standard InChI is InChI=1S/C13H18O2/c1-8(2)13(14)12-9(3)6-11(15-5)7-10(12)4/h6-8H,1-5H3. The number of aryl methyl sites for hydroxylation is 2. The highest BCUT2D eigenvalue weighted by Gasteiger charge is 2.16. The van der Waals surface area contributed by atoms with Crippen LogP contribution in [0.2, 0.25) is 0 Å². The van der Waals surface area contributed by atoms with E-state index in [0.717, 1.165) is 22.4 Å². The Morgan fingerprint density at radius 3 is 2.00 bits per heavy atom. The molecule has 0 aliphatic rings. The second-order valence-corrected chi connectivity index (χ2v) is 4.16. The van der Waals surface area contributed by atoms with Crippen molar-refractivity contribution in [2.45, 2.75) is 27.7 Å². The van der Waals surface area contributed by atoms with Crippen molar-refractivity contribution in [3.8, 4) is 5.75 Å². The van der Waals surface area contributed by atoms with E-state index >= 15 is 0 Å². The van der Waals surface area contributed by atoms with Crippen molar-refractivity contribution in [2.24, 2.45) is 5.92 Å². The lowest BCUT2D eigenvalue weighted by atomic mass is 9.93. The van der Waals surface area contributed by atoms with Gasteiger partial charge in [0.2, 0.25) is 0 Å². The number of ketones is 1. The molecule has 1 rings (SSSR count). The first-order valence-corrected chi connectivity index (χ1v) is 5.16. The lowest BCUT2D eigenvalue weighted by Crippen LogP contribution is -2.11. The fourth-order valence-corrected chi connectivity index (χ4v) is 1.72. The number of hydrogen-bond acceptors (Lipinski definition) is 2. The molecule has 0 amide bonds. The van der Waals surface area contributed by atoms with Crippen LogP contribution in [-0.2, 0) is 0 Å². The van der Waals surface area contributed by atoms with Crippen molar-refractivity contribution in [1.29, 1.82) is 0 Å². The molecular formula is C13H18O2. The summed E-state index contributed by atoms with van der Waals surface area (Å²) in [6.45, 7) is 7.74. The fraction of sp³-hybridized carbons (Fsp3) is 0.462. The zero-order valence-electron chi connectivity index (χ0n) is 10.0. The molecule has 82 valence electrons. The van der Waals surface area contributed by atoms with Crippen molar-refractivity contribution in [2.75, 3.05) is 7.11 Å². The molecule has 2 heteroatoms. The summed E-state index contributed by atoms with van der Waals surface area (Å²) in [5, 5.41) is 0. The van der Waals surface area contributed by atoms with Crippen LogP contribution in [-0.4, -0.2) is 12.9 Å². The number of hydrogen-bond donors (Lipinski definition) is 0. The molecule has 0 aliphatic heterocycles. The SMILES string of the molecule is COc1cc(C)c(C(=O)C(C)C)c(C)c1. The highest BCUT2D eigenvalue weighted by Crippen LogP contribution is 2.23. The Kier molecular flexibility index (Phi) is 3.51. The predicted molar refractivity (Wildman–Crippen MR) is 61.6 cm³/mol. The number of rotatable bonds is 3. The molecule has 0 fully saturated rings. The molecule has 0 saturated heterocycles. The van der Waals surface area contributed by atoms with Crippen LogP contribution in [0.15, 0.2) is 12.1 Å². The van der Waals surface area contributed by atoms with Gasteiger partial charge in [0.15, 0.2) is 5.78 Å². The Bertz CT molecular complexity index is 355. The summed E-state index contributed by atoms with van der Waals surface area (Å²) in [4.78, 5) is 11.9. The van der Waals surface area contributed by atoms with Gasteiger partial charge in [-0.15, -0.1) is 0 Å². The number of benzene rings is 1.